The summed E-state index contributed by atoms with van der Waals surface area (Å²) in [7, 11) is -3.42. The van der Waals surface area contributed by atoms with Crippen molar-refractivity contribution in [3.05, 3.63) is 23.2 Å². The zero-order valence-corrected chi connectivity index (χ0v) is 8.76. The quantitative estimate of drug-likeness (QED) is 0.752. The first kappa shape index (κ1) is 9.48. The van der Waals surface area contributed by atoms with Crippen LogP contribution in [0.4, 0.5) is 0 Å². The number of halogens is 1. The van der Waals surface area contributed by atoms with Gasteiger partial charge in [-0.3, -0.25) is 0 Å². The second-order valence-electron chi connectivity index (χ2n) is 2.84. The molecule has 0 fully saturated rings. The van der Waals surface area contributed by atoms with E-state index in [1.54, 1.807) is 18.2 Å². The molecule has 0 aliphatic carbocycles. The van der Waals surface area contributed by atoms with Crippen molar-refractivity contribution in [3.8, 4) is 0 Å². The van der Waals surface area contributed by atoms with Crippen LogP contribution < -0.4 is 0 Å². The molecule has 0 saturated heterocycles. The van der Waals surface area contributed by atoms with E-state index in [9.17, 15) is 8.42 Å². The lowest BCUT2D eigenvalue weighted by molar-refractivity contribution is 0.461. The number of hydrogen-bond acceptors (Lipinski definition) is 4. The van der Waals surface area contributed by atoms with Crippen molar-refractivity contribution in [1.82, 2.24) is 4.98 Å². The van der Waals surface area contributed by atoms with E-state index in [1.165, 1.54) is 0 Å². The third-order valence-electron chi connectivity index (χ3n) is 1.66. The second-order valence-corrected chi connectivity index (χ2v) is 5.14. The lowest BCUT2D eigenvalue weighted by atomic mass is 10.3. The first-order chi connectivity index (χ1) is 6.48. The maximum absolute atomic E-state index is 11.1. The Labute approximate surface area is 85.4 Å². The van der Waals surface area contributed by atoms with Gasteiger partial charge < -0.3 is 4.42 Å². The third-order valence-corrected chi connectivity index (χ3v) is 2.77. The fourth-order valence-corrected chi connectivity index (χ4v) is 1.76. The highest BCUT2D eigenvalue weighted by atomic mass is 35.5. The van der Waals surface area contributed by atoms with Gasteiger partial charge >= 0.3 is 5.22 Å². The molecule has 0 spiro atoms. The number of aromatic nitrogens is 1. The number of rotatable bonds is 1. The zero-order valence-electron chi connectivity index (χ0n) is 7.19. The second kappa shape index (κ2) is 2.96. The average molecular weight is 232 g/mol. The first-order valence-electron chi connectivity index (χ1n) is 3.73. The van der Waals surface area contributed by atoms with Crippen LogP contribution in [-0.2, 0) is 9.84 Å². The van der Waals surface area contributed by atoms with Crippen molar-refractivity contribution in [2.75, 3.05) is 6.26 Å². The normalized spacial score (nSPS) is 12.1. The Balaban J connectivity index is 2.81. The molecule has 14 heavy (non-hydrogen) atoms. The monoisotopic (exact) mass is 231 g/mol. The first-order valence-corrected chi connectivity index (χ1v) is 6.00. The molecule has 0 bridgehead atoms. The predicted octanol–water partition coefficient (Wildman–Crippen LogP) is 1.88. The highest BCUT2D eigenvalue weighted by Gasteiger charge is 2.16. The molecule has 1 aromatic heterocycles. The predicted molar refractivity (Wildman–Crippen MR) is 52.1 cm³/mol. The Kier molecular flexibility index (Phi) is 2.01. The Hall–Kier alpha value is -1.07. The summed E-state index contributed by atoms with van der Waals surface area (Å²) < 4.78 is 27.3. The van der Waals surface area contributed by atoms with Crippen LogP contribution in [0.15, 0.2) is 27.8 Å². The molecule has 0 unspecified atom stereocenters. The topological polar surface area (TPSA) is 60.2 Å². The minimum Gasteiger partial charge on any atom is -0.426 e. The smallest absolute Gasteiger partial charge is 0.315 e. The number of oxazole rings is 1. The maximum Gasteiger partial charge on any atom is 0.315 e. The molecule has 2 aromatic rings. The van der Waals surface area contributed by atoms with Gasteiger partial charge in [-0.25, -0.2) is 8.42 Å². The van der Waals surface area contributed by atoms with Gasteiger partial charge in [-0.1, -0.05) is 17.7 Å². The van der Waals surface area contributed by atoms with E-state index in [-0.39, 0.29) is 5.22 Å². The van der Waals surface area contributed by atoms with E-state index in [1.807, 2.05) is 0 Å². The molecule has 0 amide bonds. The van der Waals surface area contributed by atoms with Crippen molar-refractivity contribution >= 4 is 32.5 Å². The molecule has 6 heteroatoms. The molecule has 0 atom stereocenters. The summed E-state index contributed by atoms with van der Waals surface area (Å²) in [5.74, 6) is 0. The van der Waals surface area contributed by atoms with E-state index in [0.29, 0.717) is 16.1 Å². The van der Waals surface area contributed by atoms with Gasteiger partial charge in [0.15, 0.2) is 5.58 Å². The summed E-state index contributed by atoms with van der Waals surface area (Å²) in [6.07, 6.45) is 1.03. The van der Waals surface area contributed by atoms with Crippen molar-refractivity contribution in [3.63, 3.8) is 0 Å². The molecule has 0 radical (unpaired) electrons. The Morgan fingerprint density at radius 2 is 2.14 bits per heavy atom. The van der Waals surface area contributed by atoms with Gasteiger partial charge in [-0.15, -0.1) is 0 Å². The highest BCUT2D eigenvalue weighted by Crippen LogP contribution is 2.25. The molecule has 0 aliphatic rings. The minimum absolute atomic E-state index is 0.301. The molecule has 0 saturated carbocycles. The van der Waals surface area contributed by atoms with Gasteiger partial charge in [0, 0.05) is 6.26 Å². The number of nitrogens with zero attached hydrogens (tertiary/aromatic N) is 1. The number of para-hydroxylation sites is 1. The summed E-state index contributed by atoms with van der Waals surface area (Å²) in [5.41, 5.74) is 0.743. The minimum atomic E-state index is -3.42. The van der Waals surface area contributed by atoms with Gasteiger partial charge in [0.05, 0.1) is 5.02 Å². The van der Waals surface area contributed by atoms with Gasteiger partial charge in [0.2, 0.25) is 9.84 Å². The molecule has 0 aliphatic heterocycles. The molecule has 1 aromatic carbocycles. The van der Waals surface area contributed by atoms with Crippen molar-refractivity contribution in [1.29, 1.82) is 0 Å². The van der Waals surface area contributed by atoms with E-state index in [2.05, 4.69) is 4.98 Å². The molecule has 2 rings (SSSR count). The van der Waals surface area contributed by atoms with Crippen LogP contribution in [-0.4, -0.2) is 19.7 Å². The molecule has 4 nitrogen and oxygen atoms in total. The molecular weight excluding hydrogens is 226 g/mol. The number of sulfone groups is 1. The van der Waals surface area contributed by atoms with Gasteiger partial charge in [-0.05, 0) is 12.1 Å². The summed E-state index contributed by atoms with van der Waals surface area (Å²) in [6, 6.07) is 4.93. The van der Waals surface area contributed by atoms with Crippen molar-refractivity contribution < 1.29 is 12.8 Å². The zero-order chi connectivity index (χ0) is 10.3. The maximum atomic E-state index is 11.1. The summed E-state index contributed by atoms with van der Waals surface area (Å²) in [4.78, 5) is 3.81. The van der Waals surface area contributed by atoms with Gasteiger partial charge in [0.1, 0.15) is 5.52 Å². The number of hydrogen-bond donors (Lipinski definition) is 0. The van der Waals surface area contributed by atoms with Crippen LogP contribution >= 0.6 is 11.6 Å². The molecular formula is C8H6ClNO3S. The summed E-state index contributed by atoms with van der Waals surface area (Å²) in [5, 5.41) is 0.0468. The van der Waals surface area contributed by atoms with E-state index in [0.717, 1.165) is 6.26 Å². The SMILES string of the molecule is CS(=O)(=O)c1nc2cccc(Cl)c2o1. The molecule has 0 N–H and O–H groups in total. The summed E-state index contributed by atoms with van der Waals surface area (Å²) in [6.45, 7) is 0. The molecule has 74 valence electrons. The van der Waals surface area contributed by atoms with Crippen molar-refractivity contribution in [2.24, 2.45) is 0 Å². The van der Waals surface area contributed by atoms with Gasteiger partial charge in [0.25, 0.3) is 0 Å². The highest BCUT2D eigenvalue weighted by molar-refractivity contribution is 7.90. The third kappa shape index (κ3) is 1.49. The fourth-order valence-electron chi connectivity index (χ4n) is 1.05. The van der Waals surface area contributed by atoms with Crippen molar-refractivity contribution in [2.45, 2.75) is 5.22 Å². The van der Waals surface area contributed by atoms with E-state index < -0.39 is 9.84 Å². The average Bonchev–Trinajstić information content (AvgIpc) is 2.48. The fraction of sp³-hybridized carbons (Fsp3) is 0.125. The summed E-state index contributed by atoms with van der Waals surface area (Å²) >= 11 is 5.79. The van der Waals surface area contributed by atoms with E-state index >= 15 is 0 Å². The number of benzene rings is 1. The van der Waals surface area contributed by atoms with Crippen LogP contribution in [0.1, 0.15) is 0 Å². The Morgan fingerprint density at radius 3 is 2.71 bits per heavy atom. The van der Waals surface area contributed by atoms with Crippen LogP contribution in [0.3, 0.4) is 0 Å². The van der Waals surface area contributed by atoms with Crippen LogP contribution in [0.25, 0.3) is 11.1 Å². The standard InChI is InChI=1S/C8H6ClNO3S/c1-14(11,12)8-10-6-4-2-3-5(9)7(6)13-8/h2-4H,1H3. The van der Waals surface area contributed by atoms with Crippen LogP contribution in [0, 0.1) is 0 Å². The molecule has 1 heterocycles. The Morgan fingerprint density at radius 1 is 1.43 bits per heavy atom. The lowest BCUT2D eigenvalue weighted by Gasteiger charge is -1.88. The van der Waals surface area contributed by atoms with E-state index in [4.69, 9.17) is 16.0 Å². The van der Waals surface area contributed by atoms with Crippen LogP contribution in [0.5, 0.6) is 0 Å². The lowest BCUT2D eigenvalue weighted by Crippen LogP contribution is -1.96. The number of fused-ring (bicyclic) bond motifs is 1. The van der Waals surface area contributed by atoms with Crippen LogP contribution in [0.2, 0.25) is 5.02 Å². The largest absolute Gasteiger partial charge is 0.426 e. The Bertz CT molecular complexity index is 588. The van der Waals surface area contributed by atoms with Gasteiger partial charge in [-0.2, -0.15) is 4.98 Å².